The molecule has 0 aliphatic carbocycles. The summed E-state index contributed by atoms with van der Waals surface area (Å²) in [6.07, 6.45) is 0.975. The Morgan fingerprint density at radius 3 is 2.41 bits per heavy atom. The van der Waals surface area contributed by atoms with Crippen LogP contribution in [0.15, 0.2) is 42.5 Å². The summed E-state index contributed by atoms with van der Waals surface area (Å²) in [4.78, 5) is 23.5. The molecule has 0 saturated carbocycles. The first-order chi connectivity index (χ1) is 12.9. The van der Waals surface area contributed by atoms with Crippen molar-refractivity contribution in [3.8, 4) is 11.5 Å². The van der Waals surface area contributed by atoms with Crippen molar-refractivity contribution in [1.29, 1.82) is 0 Å². The van der Waals surface area contributed by atoms with Gasteiger partial charge in [-0.3, -0.25) is 4.79 Å². The Balaban J connectivity index is 1.93. The SMILES string of the molecule is COc1ccc(CNC(=O)c2ccc(OCCC(C)C)cc2)cc1C(=O)O. The molecule has 0 spiro atoms. The van der Waals surface area contributed by atoms with Gasteiger partial charge in [-0.2, -0.15) is 0 Å². The Hall–Kier alpha value is -3.02. The fraction of sp³-hybridized carbons (Fsp3) is 0.333. The first kappa shape index (κ1) is 20.3. The predicted octanol–water partition coefficient (Wildman–Crippen LogP) is 3.75. The minimum atomic E-state index is -1.08. The number of methoxy groups -OCH3 is 1. The molecule has 0 aliphatic heterocycles. The molecular formula is C21H25NO5. The van der Waals surface area contributed by atoms with Gasteiger partial charge in [0.2, 0.25) is 0 Å². The third-order valence-corrected chi connectivity index (χ3v) is 4.03. The fourth-order valence-electron chi connectivity index (χ4n) is 2.43. The summed E-state index contributed by atoms with van der Waals surface area (Å²) >= 11 is 0. The van der Waals surface area contributed by atoms with Gasteiger partial charge in [-0.15, -0.1) is 0 Å². The van der Waals surface area contributed by atoms with E-state index >= 15 is 0 Å². The third kappa shape index (κ3) is 6.02. The van der Waals surface area contributed by atoms with Gasteiger partial charge in [0, 0.05) is 12.1 Å². The van der Waals surface area contributed by atoms with E-state index in [0.29, 0.717) is 23.7 Å². The fourth-order valence-corrected chi connectivity index (χ4v) is 2.43. The predicted molar refractivity (Wildman–Crippen MR) is 103 cm³/mol. The zero-order valence-corrected chi connectivity index (χ0v) is 15.8. The number of hydrogen-bond acceptors (Lipinski definition) is 4. The molecule has 0 aliphatic rings. The van der Waals surface area contributed by atoms with Crippen molar-refractivity contribution in [3.63, 3.8) is 0 Å². The van der Waals surface area contributed by atoms with Crippen molar-refractivity contribution in [2.24, 2.45) is 5.92 Å². The van der Waals surface area contributed by atoms with Crippen LogP contribution in [0.3, 0.4) is 0 Å². The maximum absolute atomic E-state index is 12.3. The smallest absolute Gasteiger partial charge is 0.339 e. The lowest BCUT2D eigenvalue weighted by Gasteiger charge is -2.10. The zero-order valence-electron chi connectivity index (χ0n) is 15.8. The second-order valence-corrected chi connectivity index (χ2v) is 6.58. The highest BCUT2D eigenvalue weighted by Crippen LogP contribution is 2.20. The van der Waals surface area contributed by atoms with Crippen LogP contribution in [0, 0.1) is 5.92 Å². The molecule has 0 unspecified atom stereocenters. The second-order valence-electron chi connectivity index (χ2n) is 6.58. The van der Waals surface area contributed by atoms with Crippen LogP contribution >= 0.6 is 0 Å². The number of amides is 1. The van der Waals surface area contributed by atoms with Crippen molar-refractivity contribution in [2.45, 2.75) is 26.8 Å². The van der Waals surface area contributed by atoms with Crippen LogP contribution in [0.25, 0.3) is 0 Å². The van der Waals surface area contributed by atoms with Crippen molar-refractivity contribution >= 4 is 11.9 Å². The van der Waals surface area contributed by atoms with Crippen molar-refractivity contribution in [2.75, 3.05) is 13.7 Å². The number of ether oxygens (including phenoxy) is 2. The zero-order chi connectivity index (χ0) is 19.8. The molecule has 0 aromatic heterocycles. The Morgan fingerprint density at radius 1 is 1.11 bits per heavy atom. The van der Waals surface area contributed by atoms with E-state index in [0.717, 1.165) is 12.2 Å². The number of nitrogens with one attached hydrogen (secondary N) is 1. The summed E-state index contributed by atoms with van der Waals surface area (Å²) in [6, 6.07) is 11.7. The molecular weight excluding hydrogens is 346 g/mol. The van der Waals surface area contributed by atoms with E-state index in [9.17, 15) is 14.7 Å². The molecule has 0 radical (unpaired) electrons. The lowest BCUT2D eigenvalue weighted by molar-refractivity contribution is 0.0693. The van der Waals surface area contributed by atoms with Crippen molar-refractivity contribution in [3.05, 3.63) is 59.2 Å². The highest BCUT2D eigenvalue weighted by Gasteiger charge is 2.12. The van der Waals surface area contributed by atoms with Crippen LogP contribution in [0.1, 0.15) is 46.5 Å². The monoisotopic (exact) mass is 371 g/mol. The Bertz CT molecular complexity index is 784. The van der Waals surface area contributed by atoms with E-state index in [2.05, 4.69) is 19.2 Å². The van der Waals surface area contributed by atoms with Crippen LogP contribution < -0.4 is 14.8 Å². The summed E-state index contributed by atoms with van der Waals surface area (Å²) in [7, 11) is 1.42. The number of rotatable bonds is 9. The van der Waals surface area contributed by atoms with Gasteiger partial charge in [-0.05, 0) is 54.3 Å². The van der Waals surface area contributed by atoms with Gasteiger partial charge in [0.05, 0.1) is 13.7 Å². The number of benzene rings is 2. The van der Waals surface area contributed by atoms with E-state index in [1.807, 2.05) is 0 Å². The third-order valence-electron chi connectivity index (χ3n) is 4.03. The Labute approximate surface area is 159 Å². The number of aromatic carboxylic acids is 1. The van der Waals surface area contributed by atoms with Crippen molar-refractivity contribution < 1.29 is 24.2 Å². The van der Waals surface area contributed by atoms with Gasteiger partial charge in [0.1, 0.15) is 17.1 Å². The van der Waals surface area contributed by atoms with Gasteiger partial charge in [-0.25, -0.2) is 4.79 Å². The maximum Gasteiger partial charge on any atom is 0.339 e. The standard InChI is InChI=1S/C21H25NO5/c1-14(2)10-11-27-17-7-5-16(6-8-17)20(23)22-13-15-4-9-19(26-3)18(12-15)21(24)25/h4-9,12,14H,10-11,13H2,1-3H3,(H,22,23)(H,24,25). The first-order valence-electron chi connectivity index (χ1n) is 8.82. The van der Waals surface area contributed by atoms with E-state index in [4.69, 9.17) is 9.47 Å². The first-order valence-corrected chi connectivity index (χ1v) is 8.82. The Morgan fingerprint density at radius 2 is 1.81 bits per heavy atom. The molecule has 0 heterocycles. The minimum Gasteiger partial charge on any atom is -0.496 e. The maximum atomic E-state index is 12.3. The molecule has 2 aromatic carbocycles. The van der Waals surface area contributed by atoms with Crippen LogP contribution in [0.5, 0.6) is 11.5 Å². The van der Waals surface area contributed by atoms with Gasteiger partial charge >= 0.3 is 5.97 Å². The van der Waals surface area contributed by atoms with E-state index in [1.54, 1.807) is 36.4 Å². The highest BCUT2D eigenvalue weighted by molar-refractivity contribution is 5.94. The van der Waals surface area contributed by atoms with Crippen LogP contribution in [-0.2, 0) is 6.54 Å². The molecule has 1 amide bonds. The van der Waals surface area contributed by atoms with Gasteiger partial charge in [0.25, 0.3) is 5.91 Å². The number of carbonyl (C=O) groups is 2. The largest absolute Gasteiger partial charge is 0.496 e. The average Bonchev–Trinajstić information content (AvgIpc) is 2.66. The number of carboxylic acid groups (broad SMARTS) is 1. The molecule has 6 nitrogen and oxygen atoms in total. The van der Waals surface area contributed by atoms with Crippen LogP contribution in [0.4, 0.5) is 0 Å². The minimum absolute atomic E-state index is 0.0622. The average molecular weight is 371 g/mol. The lowest BCUT2D eigenvalue weighted by Crippen LogP contribution is -2.22. The Kier molecular flexibility index (Phi) is 7.23. The highest BCUT2D eigenvalue weighted by atomic mass is 16.5. The topological polar surface area (TPSA) is 84.9 Å². The summed E-state index contributed by atoms with van der Waals surface area (Å²) in [6.45, 7) is 5.14. The molecule has 2 N–H and O–H groups in total. The van der Waals surface area contributed by atoms with Crippen molar-refractivity contribution in [1.82, 2.24) is 5.32 Å². The number of hydrogen-bond donors (Lipinski definition) is 2. The van der Waals surface area contributed by atoms with Gasteiger partial charge < -0.3 is 19.9 Å². The van der Waals surface area contributed by atoms with Crippen LogP contribution in [0.2, 0.25) is 0 Å². The van der Waals surface area contributed by atoms with Crippen LogP contribution in [-0.4, -0.2) is 30.7 Å². The molecule has 2 rings (SSSR count). The molecule has 6 heteroatoms. The molecule has 0 atom stereocenters. The summed E-state index contributed by atoms with van der Waals surface area (Å²) in [5.74, 6) is 0.276. The molecule has 0 fully saturated rings. The second kappa shape index (κ2) is 9.62. The summed E-state index contributed by atoms with van der Waals surface area (Å²) < 4.78 is 10.7. The molecule has 0 bridgehead atoms. The van der Waals surface area contributed by atoms with E-state index in [1.165, 1.54) is 13.2 Å². The number of carboxylic acids is 1. The summed E-state index contributed by atoms with van der Waals surface area (Å²) in [5.41, 5.74) is 1.25. The van der Waals surface area contributed by atoms with E-state index < -0.39 is 5.97 Å². The molecule has 2 aromatic rings. The quantitative estimate of drug-likeness (QED) is 0.701. The molecule has 144 valence electrons. The normalized spacial score (nSPS) is 10.5. The molecule has 27 heavy (non-hydrogen) atoms. The summed E-state index contributed by atoms with van der Waals surface area (Å²) in [5, 5.41) is 12.0. The van der Waals surface area contributed by atoms with Gasteiger partial charge in [0.15, 0.2) is 0 Å². The van der Waals surface area contributed by atoms with Gasteiger partial charge in [-0.1, -0.05) is 19.9 Å². The lowest BCUT2D eigenvalue weighted by atomic mass is 10.1. The van der Waals surface area contributed by atoms with E-state index in [-0.39, 0.29) is 23.8 Å². The number of carbonyl (C=O) groups excluding carboxylic acids is 1. The molecule has 0 saturated heterocycles.